The molecule has 0 saturated heterocycles. The molecule has 21 heavy (non-hydrogen) atoms. The van der Waals surface area contributed by atoms with Crippen molar-refractivity contribution >= 4 is 11.0 Å². The third-order valence-electron chi connectivity index (χ3n) is 3.77. The van der Waals surface area contributed by atoms with Crippen molar-refractivity contribution in [2.24, 2.45) is 7.05 Å². The Morgan fingerprint density at radius 2 is 2.00 bits per heavy atom. The molecule has 5 nitrogen and oxygen atoms in total. The van der Waals surface area contributed by atoms with Gasteiger partial charge in [-0.3, -0.25) is 0 Å². The van der Waals surface area contributed by atoms with Crippen LogP contribution in [0.1, 0.15) is 23.4 Å². The van der Waals surface area contributed by atoms with E-state index < -0.39 is 0 Å². The van der Waals surface area contributed by atoms with E-state index in [4.69, 9.17) is 4.98 Å². The summed E-state index contributed by atoms with van der Waals surface area (Å²) in [6.07, 6.45) is 2.59. The molecule has 0 fully saturated rings. The number of fused-ring (bicyclic) bond motifs is 1. The molecule has 0 saturated carbocycles. The van der Waals surface area contributed by atoms with Gasteiger partial charge >= 0.3 is 0 Å². The Balaban J connectivity index is 1.94. The van der Waals surface area contributed by atoms with Crippen molar-refractivity contribution in [2.75, 3.05) is 7.05 Å². The fourth-order valence-electron chi connectivity index (χ4n) is 2.58. The van der Waals surface area contributed by atoms with Crippen molar-refractivity contribution in [3.63, 3.8) is 0 Å². The second kappa shape index (κ2) is 5.61. The van der Waals surface area contributed by atoms with Gasteiger partial charge in [-0.15, -0.1) is 0 Å². The second-order valence-corrected chi connectivity index (χ2v) is 5.15. The number of para-hydroxylation sites is 2. The van der Waals surface area contributed by atoms with Gasteiger partial charge in [-0.25, -0.2) is 15.0 Å². The van der Waals surface area contributed by atoms with Crippen LogP contribution in [0.2, 0.25) is 0 Å². The quantitative estimate of drug-likeness (QED) is 0.796. The molecule has 0 aliphatic rings. The van der Waals surface area contributed by atoms with Crippen LogP contribution in [0.5, 0.6) is 0 Å². The summed E-state index contributed by atoms with van der Waals surface area (Å²) >= 11 is 0. The maximum absolute atomic E-state index is 4.73. The SMILES string of the molecule is CNC(Cc1nc2ccccc2n1C)c1ccnc(C)n1. The van der Waals surface area contributed by atoms with Crippen molar-refractivity contribution in [3.05, 3.63) is 53.9 Å². The molecule has 1 aromatic carbocycles. The predicted octanol–water partition coefficient (Wildman–Crippen LogP) is 2.17. The Morgan fingerprint density at radius 3 is 2.71 bits per heavy atom. The van der Waals surface area contributed by atoms with Crippen molar-refractivity contribution in [3.8, 4) is 0 Å². The number of aryl methyl sites for hydroxylation is 2. The maximum Gasteiger partial charge on any atom is 0.125 e. The Bertz CT molecular complexity index is 762. The van der Waals surface area contributed by atoms with Crippen molar-refractivity contribution in [1.29, 1.82) is 0 Å². The van der Waals surface area contributed by atoms with Crippen LogP contribution >= 0.6 is 0 Å². The zero-order valence-electron chi connectivity index (χ0n) is 12.5. The van der Waals surface area contributed by atoms with E-state index in [1.807, 2.05) is 38.2 Å². The number of benzene rings is 1. The number of hydrogen-bond donors (Lipinski definition) is 1. The van der Waals surface area contributed by atoms with Gasteiger partial charge in [-0.1, -0.05) is 12.1 Å². The van der Waals surface area contributed by atoms with E-state index in [0.717, 1.165) is 34.8 Å². The molecule has 0 aliphatic carbocycles. The number of nitrogens with zero attached hydrogens (tertiary/aromatic N) is 4. The molecular weight excluding hydrogens is 262 g/mol. The first-order chi connectivity index (χ1) is 10.2. The Hall–Kier alpha value is -2.27. The lowest BCUT2D eigenvalue weighted by molar-refractivity contribution is 0.549. The number of rotatable bonds is 4. The van der Waals surface area contributed by atoms with Crippen LogP contribution in [0, 0.1) is 6.92 Å². The van der Waals surface area contributed by atoms with Gasteiger partial charge in [-0.05, 0) is 32.2 Å². The predicted molar refractivity (Wildman–Crippen MR) is 83.0 cm³/mol. The average molecular weight is 281 g/mol. The van der Waals surface area contributed by atoms with Gasteiger partial charge in [0.05, 0.1) is 22.8 Å². The Labute approximate surface area is 124 Å². The molecule has 3 aromatic rings. The topological polar surface area (TPSA) is 55.6 Å². The summed E-state index contributed by atoms with van der Waals surface area (Å²) in [6.45, 7) is 1.91. The zero-order valence-corrected chi connectivity index (χ0v) is 12.5. The summed E-state index contributed by atoms with van der Waals surface area (Å²) < 4.78 is 2.15. The summed E-state index contributed by atoms with van der Waals surface area (Å²) in [6, 6.07) is 10.3. The smallest absolute Gasteiger partial charge is 0.125 e. The van der Waals surface area contributed by atoms with Gasteiger partial charge in [0.1, 0.15) is 11.6 Å². The lowest BCUT2D eigenvalue weighted by atomic mass is 10.1. The van der Waals surface area contributed by atoms with Crippen molar-refractivity contribution in [1.82, 2.24) is 24.8 Å². The number of imidazole rings is 1. The van der Waals surface area contributed by atoms with Crippen LogP contribution in [-0.2, 0) is 13.5 Å². The molecule has 1 unspecified atom stereocenters. The Morgan fingerprint density at radius 1 is 1.19 bits per heavy atom. The van der Waals surface area contributed by atoms with Gasteiger partial charge in [-0.2, -0.15) is 0 Å². The van der Waals surface area contributed by atoms with Gasteiger partial charge in [0.15, 0.2) is 0 Å². The standard InChI is InChI=1S/C16H19N5/c1-11-18-9-8-12(19-11)14(17-2)10-16-20-13-6-4-5-7-15(13)21(16)3/h4-9,14,17H,10H2,1-3H3. The van der Waals surface area contributed by atoms with E-state index >= 15 is 0 Å². The van der Waals surface area contributed by atoms with Crippen LogP contribution in [0.25, 0.3) is 11.0 Å². The molecule has 0 bridgehead atoms. The van der Waals surface area contributed by atoms with E-state index in [9.17, 15) is 0 Å². The first-order valence-corrected chi connectivity index (χ1v) is 7.06. The number of likely N-dealkylation sites (N-methyl/N-ethyl adjacent to an activating group) is 1. The van der Waals surface area contributed by atoms with Crippen LogP contribution in [0.3, 0.4) is 0 Å². The maximum atomic E-state index is 4.73. The van der Waals surface area contributed by atoms with Crippen LogP contribution < -0.4 is 5.32 Å². The second-order valence-electron chi connectivity index (χ2n) is 5.15. The number of aromatic nitrogens is 4. The lowest BCUT2D eigenvalue weighted by Gasteiger charge is -2.15. The molecule has 5 heteroatoms. The van der Waals surface area contributed by atoms with Crippen LogP contribution in [-0.4, -0.2) is 26.6 Å². The lowest BCUT2D eigenvalue weighted by Crippen LogP contribution is -2.22. The van der Waals surface area contributed by atoms with Crippen LogP contribution in [0.4, 0.5) is 0 Å². The van der Waals surface area contributed by atoms with E-state index in [2.05, 4.69) is 33.0 Å². The largest absolute Gasteiger partial charge is 0.331 e. The molecule has 0 aliphatic heterocycles. The van der Waals surface area contributed by atoms with Gasteiger partial charge < -0.3 is 9.88 Å². The highest BCUT2D eigenvalue weighted by Crippen LogP contribution is 2.19. The van der Waals surface area contributed by atoms with Gasteiger partial charge in [0.25, 0.3) is 0 Å². The minimum Gasteiger partial charge on any atom is -0.331 e. The average Bonchev–Trinajstić information content (AvgIpc) is 2.81. The molecule has 2 heterocycles. The highest BCUT2D eigenvalue weighted by atomic mass is 15.1. The van der Waals surface area contributed by atoms with Crippen molar-refractivity contribution in [2.45, 2.75) is 19.4 Å². The molecule has 1 atom stereocenters. The van der Waals surface area contributed by atoms with E-state index in [1.54, 1.807) is 6.20 Å². The number of nitrogens with one attached hydrogen (secondary N) is 1. The molecule has 0 spiro atoms. The highest BCUT2D eigenvalue weighted by molar-refractivity contribution is 5.75. The Kier molecular flexibility index (Phi) is 3.66. The molecule has 0 radical (unpaired) electrons. The molecule has 3 rings (SSSR count). The summed E-state index contributed by atoms with van der Waals surface area (Å²) in [5, 5.41) is 3.32. The fourth-order valence-corrected chi connectivity index (χ4v) is 2.58. The molecule has 1 N–H and O–H groups in total. The first kappa shape index (κ1) is 13.7. The van der Waals surface area contributed by atoms with Crippen LogP contribution in [0.15, 0.2) is 36.5 Å². The molecule has 2 aromatic heterocycles. The minimum absolute atomic E-state index is 0.127. The van der Waals surface area contributed by atoms with Gasteiger partial charge in [0.2, 0.25) is 0 Å². The van der Waals surface area contributed by atoms with Gasteiger partial charge in [0, 0.05) is 19.7 Å². The zero-order chi connectivity index (χ0) is 14.8. The third-order valence-corrected chi connectivity index (χ3v) is 3.77. The third kappa shape index (κ3) is 2.64. The van der Waals surface area contributed by atoms with E-state index in [1.165, 1.54) is 0 Å². The highest BCUT2D eigenvalue weighted by Gasteiger charge is 2.16. The minimum atomic E-state index is 0.127. The fraction of sp³-hybridized carbons (Fsp3) is 0.312. The normalized spacial score (nSPS) is 12.7. The molecule has 0 amide bonds. The summed E-state index contributed by atoms with van der Waals surface area (Å²) in [7, 11) is 4.01. The number of hydrogen-bond acceptors (Lipinski definition) is 4. The monoisotopic (exact) mass is 281 g/mol. The van der Waals surface area contributed by atoms with E-state index in [0.29, 0.717) is 0 Å². The van der Waals surface area contributed by atoms with E-state index in [-0.39, 0.29) is 6.04 Å². The molecular formula is C16H19N5. The summed E-state index contributed by atoms with van der Waals surface area (Å²) in [4.78, 5) is 13.4. The molecule has 108 valence electrons. The van der Waals surface area contributed by atoms with Crippen molar-refractivity contribution < 1.29 is 0 Å². The first-order valence-electron chi connectivity index (χ1n) is 7.06. The summed E-state index contributed by atoms with van der Waals surface area (Å²) in [5.41, 5.74) is 3.18. The summed E-state index contributed by atoms with van der Waals surface area (Å²) in [5.74, 6) is 1.84.